The standard InChI is InChI=1S/C21H27NO6/c1-5-22(6-2)14(11-25-7-3)12-27-21-19-15(10-13(4)28-19)18(24)17-16(23)8-9-26-20(17)21/h8-10,14,24H,5-7,11-12H2,1-4H3. The van der Waals surface area contributed by atoms with Gasteiger partial charge in [-0.2, -0.15) is 0 Å². The summed E-state index contributed by atoms with van der Waals surface area (Å²) in [6.45, 7) is 11.1. The summed E-state index contributed by atoms with van der Waals surface area (Å²) in [5, 5.41) is 11.1. The minimum absolute atomic E-state index is 0.0281. The molecule has 0 aliphatic rings. The number of phenolic OH excluding ortho intramolecular Hbond substituents is 1. The highest BCUT2D eigenvalue weighted by atomic mass is 16.5. The molecular formula is C21H27NO6. The van der Waals surface area contributed by atoms with Gasteiger partial charge in [0.05, 0.1) is 24.3 Å². The number of ether oxygens (including phenoxy) is 2. The highest BCUT2D eigenvalue weighted by Gasteiger charge is 2.24. The molecule has 0 aliphatic heterocycles. The van der Waals surface area contributed by atoms with E-state index in [0.717, 1.165) is 13.1 Å². The van der Waals surface area contributed by atoms with Crippen LogP contribution in [0.1, 0.15) is 26.5 Å². The fraction of sp³-hybridized carbons (Fsp3) is 0.476. The second-order valence-electron chi connectivity index (χ2n) is 6.61. The van der Waals surface area contributed by atoms with Crippen LogP contribution in [-0.2, 0) is 4.74 Å². The van der Waals surface area contributed by atoms with Crippen LogP contribution in [0.25, 0.3) is 21.9 Å². The van der Waals surface area contributed by atoms with E-state index in [1.54, 1.807) is 13.0 Å². The highest BCUT2D eigenvalue weighted by Crippen LogP contribution is 2.42. The molecule has 0 radical (unpaired) electrons. The summed E-state index contributed by atoms with van der Waals surface area (Å²) in [7, 11) is 0. The third-order valence-corrected chi connectivity index (χ3v) is 4.90. The number of nitrogens with zero attached hydrogens (tertiary/aromatic N) is 1. The van der Waals surface area contributed by atoms with E-state index in [9.17, 15) is 9.90 Å². The second-order valence-corrected chi connectivity index (χ2v) is 6.61. The Labute approximate surface area is 163 Å². The van der Waals surface area contributed by atoms with Gasteiger partial charge in [0.25, 0.3) is 0 Å². The molecule has 7 nitrogen and oxygen atoms in total. The van der Waals surface area contributed by atoms with E-state index in [1.165, 1.54) is 12.3 Å². The normalized spacial score (nSPS) is 12.9. The number of fused-ring (bicyclic) bond motifs is 2. The lowest BCUT2D eigenvalue weighted by molar-refractivity contribution is 0.0461. The lowest BCUT2D eigenvalue weighted by atomic mass is 10.1. The van der Waals surface area contributed by atoms with E-state index in [1.807, 2.05) is 6.92 Å². The number of hydrogen-bond donors (Lipinski definition) is 1. The monoisotopic (exact) mass is 389 g/mol. The molecule has 152 valence electrons. The van der Waals surface area contributed by atoms with Gasteiger partial charge in [-0.3, -0.25) is 9.69 Å². The summed E-state index contributed by atoms with van der Waals surface area (Å²) in [4.78, 5) is 14.6. The number of hydrogen-bond acceptors (Lipinski definition) is 7. The maximum absolute atomic E-state index is 12.3. The number of likely N-dealkylation sites (N-methyl/N-ethyl adjacent to an activating group) is 1. The molecule has 0 saturated heterocycles. The van der Waals surface area contributed by atoms with E-state index in [0.29, 0.717) is 42.3 Å². The molecule has 2 heterocycles. The number of furan rings is 1. The summed E-state index contributed by atoms with van der Waals surface area (Å²) in [5.74, 6) is 0.771. The lowest BCUT2D eigenvalue weighted by Gasteiger charge is -2.29. The Morgan fingerprint density at radius 1 is 1.18 bits per heavy atom. The van der Waals surface area contributed by atoms with Gasteiger partial charge >= 0.3 is 0 Å². The molecule has 7 heteroatoms. The summed E-state index contributed by atoms with van der Waals surface area (Å²) < 4.78 is 23.1. The third-order valence-electron chi connectivity index (χ3n) is 4.90. The molecule has 1 unspecified atom stereocenters. The van der Waals surface area contributed by atoms with Crippen LogP contribution in [0, 0.1) is 6.92 Å². The van der Waals surface area contributed by atoms with Gasteiger partial charge in [0, 0.05) is 12.7 Å². The molecule has 3 aromatic rings. The van der Waals surface area contributed by atoms with Gasteiger partial charge in [-0.05, 0) is 33.0 Å². The van der Waals surface area contributed by atoms with Gasteiger partial charge in [0.1, 0.15) is 23.5 Å². The van der Waals surface area contributed by atoms with Crippen molar-refractivity contribution in [3.8, 4) is 11.5 Å². The van der Waals surface area contributed by atoms with E-state index >= 15 is 0 Å². The predicted molar refractivity (Wildman–Crippen MR) is 107 cm³/mol. The molecule has 0 aliphatic carbocycles. The third kappa shape index (κ3) is 3.72. The minimum Gasteiger partial charge on any atom is -0.506 e. The van der Waals surface area contributed by atoms with Crippen molar-refractivity contribution in [1.29, 1.82) is 0 Å². The maximum Gasteiger partial charge on any atom is 0.206 e. The average molecular weight is 389 g/mol. The van der Waals surface area contributed by atoms with E-state index in [4.69, 9.17) is 18.3 Å². The van der Waals surface area contributed by atoms with Crippen molar-refractivity contribution < 1.29 is 23.4 Å². The maximum atomic E-state index is 12.3. The van der Waals surface area contributed by atoms with Crippen LogP contribution >= 0.6 is 0 Å². The molecular weight excluding hydrogens is 362 g/mol. The number of aromatic hydroxyl groups is 1. The van der Waals surface area contributed by atoms with Crippen molar-refractivity contribution in [2.24, 2.45) is 0 Å². The van der Waals surface area contributed by atoms with Crippen LogP contribution in [0.5, 0.6) is 11.5 Å². The Kier molecular flexibility index (Phi) is 6.26. The first-order valence-corrected chi connectivity index (χ1v) is 9.62. The molecule has 0 spiro atoms. The summed E-state index contributed by atoms with van der Waals surface area (Å²) >= 11 is 0. The summed E-state index contributed by atoms with van der Waals surface area (Å²) in [6.07, 6.45) is 1.29. The highest BCUT2D eigenvalue weighted by molar-refractivity contribution is 6.06. The number of phenols is 1. The smallest absolute Gasteiger partial charge is 0.206 e. The topological polar surface area (TPSA) is 85.3 Å². The van der Waals surface area contributed by atoms with Gasteiger partial charge in [0.2, 0.25) is 5.75 Å². The molecule has 3 rings (SSSR count). The Balaban J connectivity index is 2.06. The van der Waals surface area contributed by atoms with Crippen molar-refractivity contribution in [2.45, 2.75) is 33.7 Å². The molecule has 1 atom stereocenters. The van der Waals surface area contributed by atoms with Crippen LogP contribution < -0.4 is 10.2 Å². The van der Waals surface area contributed by atoms with Gasteiger partial charge in [0.15, 0.2) is 16.6 Å². The van der Waals surface area contributed by atoms with E-state index in [-0.39, 0.29) is 28.2 Å². The molecule has 0 bridgehead atoms. The largest absolute Gasteiger partial charge is 0.506 e. The van der Waals surface area contributed by atoms with Crippen LogP contribution in [0.2, 0.25) is 0 Å². The number of benzene rings is 1. The molecule has 1 aromatic carbocycles. The lowest BCUT2D eigenvalue weighted by Crippen LogP contribution is -2.42. The van der Waals surface area contributed by atoms with E-state index < -0.39 is 0 Å². The Hall–Kier alpha value is -2.51. The zero-order valence-electron chi connectivity index (χ0n) is 16.8. The van der Waals surface area contributed by atoms with Crippen molar-refractivity contribution in [2.75, 3.05) is 32.9 Å². The number of aryl methyl sites for hydroxylation is 1. The predicted octanol–water partition coefficient (Wildman–Crippen LogP) is 3.68. The van der Waals surface area contributed by atoms with Crippen LogP contribution in [0.15, 0.2) is 32.0 Å². The molecule has 28 heavy (non-hydrogen) atoms. The zero-order chi connectivity index (χ0) is 20.3. The second kappa shape index (κ2) is 8.67. The summed E-state index contributed by atoms with van der Waals surface area (Å²) in [5.41, 5.74) is 0.215. The van der Waals surface area contributed by atoms with Crippen molar-refractivity contribution in [3.05, 3.63) is 34.4 Å². The average Bonchev–Trinajstić information content (AvgIpc) is 3.07. The first-order chi connectivity index (χ1) is 13.5. The van der Waals surface area contributed by atoms with Gasteiger partial charge < -0.3 is 23.4 Å². The molecule has 0 amide bonds. The van der Waals surface area contributed by atoms with Crippen LogP contribution in [0.4, 0.5) is 0 Å². The fourth-order valence-electron chi connectivity index (χ4n) is 3.47. The van der Waals surface area contributed by atoms with E-state index in [2.05, 4.69) is 18.7 Å². The van der Waals surface area contributed by atoms with Gasteiger partial charge in [-0.15, -0.1) is 0 Å². The summed E-state index contributed by atoms with van der Waals surface area (Å²) in [6, 6.07) is 2.99. The molecule has 2 aromatic heterocycles. The molecule has 1 N–H and O–H groups in total. The zero-order valence-corrected chi connectivity index (χ0v) is 16.8. The van der Waals surface area contributed by atoms with Crippen molar-refractivity contribution in [1.82, 2.24) is 4.90 Å². The minimum atomic E-state index is -0.334. The Morgan fingerprint density at radius 3 is 2.61 bits per heavy atom. The fourth-order valence-corrected chi connectivity index (χ4v) is 3.47. The first-order valence-electron chi connectivity index (χ1n) is 9.62. The first kappa shape index (κ1) is 20.2. The SMILES string of the molecule is CCOCC(COc1c2oc(C)cc2c(O)c2c(=O)ccoc12)N(CC)CC. The van der Waals surface area contributed by atoms with Crippen LogP contribution in [-0.4, -0.2) is 49.0 Å². The van der Waals surface area contributed by atoms with Crippen molar-refractivity contribution >= 4 is 21.9 Å². The van der Waals surface area contributed by atoms with Crippen molar-refractivity contribution in [3.63, 3.8) is 0 Å². The number of rotatable bonds is 9. The van der Waals surface area contributed by atoms with Gasteiger partial charge in [-0.25, -0.2) is 0 Å². The molecule has 0 fully saturated rings. The Bertz CT molecular complexity index is 1000. The molecule has 0 saturated carbocycles. The van der Waals surface area contributed by atoms with Crippen LogP contribution in [0.3, 0.4) is 0 Å². The van der Waals surface area contributed by atoms with Gasteiger partial charge in [-0.1, -0.05) is 13.8 Å². The quantitative estimate of drug-likeness (QED) is 0.597. The Morgan fingerprint density at radius 2 is 1.93 bits per heavy atom.